The molecule has 7 nitrogen and oxygen atoms in total. The summed E-state index contributed by atoms with van der Waals surface area (Å²) in [6, 6.07) is 3.98. The van der Waals surface area contributed by atoms with Gasteiger partial charge in [-0.1, -0.05) is 17.7 Å². The van der Waals surface area contributed by atoms with E-state index < -0.39 is 10.9 Å². The SMILES string of the molecule is O=C(Cc1ccc([N+](=O)[O-])cc1Cl)NC1CCC(C(=O)O)CC1. The van der Waals surface area contributed by atoms with Gasteiger partial charge >= 0.3 is 5.97 Å². The average Bonchev–Trinajstić information content (AvgIpc) is 2.49. The highest BCUT2D eigenvalue weighted by Gasteiger charge is 2.26. The van der Waals surface area contributed by atoms with E-state index in [1.165, 1.54) is 18.2 Å². The third kappa shape index (κ3) is 4.66. The summed E-state index contributed by atoms with van der Waals surface area (Å²) < 4.78 is 0. The molecule has 0 unspecified atom stereocenters. The number of nitro benzene ring substituents is 1. The van der Waals surface area contributed by atoms with Crippen molar-refractivity contribution in [3.8, 4) is 0 Å². The summed E-state index contributed by atoms with van der Waals surface area (Å²) in [5.41, 5.74) is 0.403. The van der Waals surface area contributed by atoms with Gasteiger partial charge in [0.15, 0.2) is 0 Å². The molecule has 0 radical (unpaired) electrons. The minimum Gasteiger partial charge on any atom is -0.481 e. The molecule has 8 heteroatoms. The van der Waals surface area contributed by atoms with Gasteiger partial charge in [-0.2, -0.15) is 0 Å². The van der Waals surface area contributed by atoms with E-state index in [0.717, 1.165) is 0 Å². The summed E-state index contributed by atoms with van der Waals surface area (Å²) in [7, 11) is 0. The van der Waals surface area contributed by atoms with Crippen molar-refractivity contribution in [2.45, 2.75) is 38.1 Å². The van der Waals surface area contributed by atoms with Gasteiger partial charge in [0.2, 0.25) is 5.91 Å². The van der Waals surface area contributed by atoms with E-state index in [2.05, 4.69) is 5.32 Å². The highest BCUT2D eigenvalue weighted by Crippen LogP contribution is 2.25. The lowest BCUT2D eigenvalue weighted by Gasteiger charge is -2.26. The summed E-state index contributed by atoms with van der Waals surface area (Å²) >= 11 is 5.96. The lowest BCUT2D eigenvalue weighted by molar-refractivity contribution is -0.384. The normalized spacial score (nSPS) is 20.7. The Morgan fingerprint density at radius 2 is 1.96 bits per heavy atom. The van der Waals surface area contributed by atoms with E-state index in [1.807, 2.05) is 0 Å². The van der Waals surface area contributed by atoms with Crippen molar-refractivity contribution in [1.82, 2.24) is 5.32 Å². The van der Waals surface area contributed by atoms with Crippen LogP contribution in [-0.4, -0.2) is 27.9 Å². The maximum Gasteiger partial charge on any atom is 0.306 e. The number of amides is 1. The van der Waals surface area contributed by atoms with E-state index in [9.17, 15) is 19.7 Å². The number of nitrogens with one attached hydrogen (secondary N) is 1. The predicted octanol–water partition coefficient (Wildman–Crippen LogP) is 2.55. The van der Waals surface area contributed by atoms with Crippen molar-refractivity contribution >= 4 is 29.2 Å². The first-order valence-corrected chi connectivity index (χ1v) is 7.69. The zero-order valence-electron chi connectivity index (χ0n) is 12.3. The third-order valence-corrected chi connectivity index (χ3v) is 4.39. The number of carboxylic acids is 1. The highest BCUT2D eigenvalue weighted by atomic mass is 35.5. The minimum atomic E-state index is -0.785. The molecule has 2 rings (SSSR count). The zero-order chi connectivity index (χ0) is 17.0. The molecule has 1 saturated carbocycles. The Morgan fingerprint density at radius 1 is 1.30 bits per heavy atom. The first-order chi connectivity index (χ1) is 10.9. The summed E-state index contributed by atoms with van der Waals surface area (Å²) in [4.78, 5) is 33.0. The Hall–Kier alpha value is -2.15. The second-order valence-electron chi connectivity index (χ2n) is 5.66. The highest BCUT2D eigenvalue weighted by molar-refractivity contribution is 6.31. The summed E-state index contributed by atoms with van der Waals surface area (Å²) in [6.07, 6.45) is 2.42. The van der Waals surface area contributed by atoms with Gasteiger partial charge in [0.05, 0.1) is 22.3 Å². The number of aliphatic carboxylic acids is 1. The molecule has 0 aliphatic heterocycles. The maximum atomic E-state index is 12.0. The van der Waals surface area contributed by atoms with E-state index >= 15 is 0 Å². The van der Waals surface area contributed by atoms with Crippen LogP contribution < -0.4 is 5.32 Å². The summed E-state index contributed by atoms with van der Waals surface area (Å²) in [6.45, 7) is 0. The van der Waals surface area contributed by atoms with Gasteiger partial charge in [0.1, 0.15) is 0 Å². The Balaban J connectivity index is 1.88. The molecule has 124 valence electrons. The first kappa shape index (κ1) is 17.2. The van der Waals surface area contributed by atoms with Gasteiger partial charge in [-0.25, -0.2) is 0 Å². The van der Waals surface area contributed by atoms with Gasteiger partial charge in [0, 0.05) is 18.2 Å². The molecule has 1 aromatic rings. The molecule has 1 fully saturated rings. The molecule has 1 amide bonds. The average molecular weight is 341 g/mol. The second-order valence-corrected chi connectivity index (χ2v) is 6.07. The topological polar surface area (TPSA) is 110 Å². The minimum absolute atomic E-state index is 0.0325. The Bertz CT molecular complexity index is 626. The van der Waals surface area contributed by atoms with Crippen molar-refractivity contribution in [3.05, 3.63) is 38.9 Å². The molecular weight excluding hydrogens is 324 g/mol. The van der Waals surface area contributed by atoms with E-state index in [1.54, 1.807) is 0 Å². The van der Waals surface area contributed by atoms with E-state index in [4.69, 9.17) is 16.7 Å². The van der Waals surface area contributed by atoms with Crippen LogP contribution in [0.3, 0.4) is 0 Å². The van der Waals surface area contributed by atoms with Crippen molar-refractivity contribution in [3.63, 3.8) is 0 Å². The maximum absolute atomic E-state index is 12.0. The predicted molar refractivity (Wildman–Crippen MR) is 83.3 cm³/mol. The lowest BCUT2D eigenvalue weighted by Crippen LogP contribution is -2.39. The number of non-ortho nitro benzene ring substituents is 1. The van der Waals surface area contributed by atoms with Crippen LogP contribution in [0.4, 0.5) is 5.69 Å². The summed E-state index contributed by atoms with van der Waals surface area (Å²) in [5.74, 6) is -1.33. The molecule has 1 aromatic carbocycles. The molecule has 1 aliphatic rings. The molecule has 0 atom stereocenters. The van der Waals surface area contributed by atoms with Crippen molar-refractivity contribution in [2.24, 2.45) is 5.92 Å². The quantitative estimate of drug-likeness (QED) is 0.632. The number of nitrogens with zero attached hydrogens (tertiary/aromatic N) is 1. The fraction of sp³-hybridized carbons (Fsp3) is 0.467. The van der Waals surface area contributed by atoms with Gasteiger partial charge in [-0.05, 0) is 31.2 Å². The van der Waals surface area contributed by atoms with Crippen LogP contribution in [0, 0.1) is 16.0 Å². The molecule has 23 heavy (non-hydrogen) atoms. The van der Waals surface area contributed by atoms with Crippen molar-refractivity contribution < 1.29 is 19.6 Å². The number of hydrogen-bond donors (Lipinski definition) is 2. The molecule has 0 aromatic heterocycles. The lowest BCUT2D eigenvalue weighted by atomic mass is 9.86. The zero-order valence-corrected chi connectivity index (χ0v) is 13.1. The van der Waals surface area contributed by atoms with Crippen LogP contribution in [0.25, 0.3) is 0 Å². The summed E-state index contributed by atoms with van der Waals surface area (Å²) in [5, 5.41) is 22.6. The van der Waals surface area contributed by atoms with Crippen LogP contribution in [-0.2, 0) is 16.0 Å². The van der Waals surface area contributed by atoms with Crippen LogP contribution in [0.15, 0.2) is 18.2 Å². The Morgan fingerprint density at radius 3 is 2.48 bits per heavy atom. The standard InChI is InChI=1S/C15H17ClN2O5/c16-13-8-12(18(22)23)6-3-10(13)7-14(19)17-11-4-1-9(2-5-11)15(20)21/h3,6,8-9,11H,1-2,4-5,7H2,(H,17,19)(H,20,21). The number of carbonyl (C=O) groups is 2. The molecule has 2 N–H and O–H groups in total. The van der Waals surface area contributed by atoms with E-state index in [0.29, 0.717) is 31.2 Å². The molecule has 0 saturated heterocycles. The second kappa shape index (κ2) is 7.41. The number of halogens is 1. The molecule has 0 bridgehead atoms. The van der Waals surface area contributed by atoms with Crippen LogP contribution in [0.1, 0.15) is 31.2 Å². The fourth-order valence-corrected chi connectivity index (χ4v) is 2.97. The van der Waals surface area contributed by atoms with Crippen molar-refractivity contribution in [2.75, 3.05) is 0 Å². The van der Waals surface area contributed by atoms with Crippen molar-refractivity contribution in [1.29, 1.82) is 0 Å². The number of hydrogen-bond acceptors (Lipinski definition) is 4. The fourth-order valence-electron chi connectivity index (χ4n) is 2.73. The van der Waals surface area contributed by atoms with E-state index in [-0.39, 0.29) is 35.0 Å². The number of rotatable bonds is 5. The van der Waals surface area contributed by atoms with Gasteiger partial charge in [0.25, 0.3) is 5.69 Å². The number of nitro groups is 1. The number of benzene rings is 1. The molecule has 1 aliphatic carbocycles. The van der Waals surface area contributed by atoms with Crippen LogP contribution in [0.5, 0.6) is 0 Å². The first-order valence-electron chi connectivity index (χ1n) is 7.32. The monoisotopic (exact) mass is 340 g/mol. The molecular formula is C15H17ClN2O5. The van der Waals surface area contributed by atoms with Gasteiger partial charge < -0.3 is 10.4 Å². The third-order valence-electron chi connectivity index (χ3n) is 4.04. The van der Waals surface area contributed by atoms with Gasteiger partial charge in [-0.3, -0.25) is 19.7 Å². The molecule has 0 heterocycles. The van der Waals surface area contributed by atoms with Gasteiger partial charge in [-0.15, -0.1) is 0 Å². The largest absolute Gasteiger partial charge is 0.481 e. The Labute approximate surface area is 137 Å². The van der Waals surface area contributed by atoms with Crippen LogP contribution >= 0.6 is 11.6 Å². The molecule has 0 spiro atoms. The number of carboxylic acid groups (broad SMARTS) is 1. The van der Waals surface area contributed by atoms with Crippen LogP contribution in [0.2, 0.25) is 5.02 Å². The number of carbonyl (C=O) groups excluding carboxylic acids is 1. The Kier molecular flexibility index (Phi) is 5.54. The smallest absolute Gasteiger partial charge is 0.306 e.